The van der Waals surface area contributed by atoms with Crippen LogP contribution in [-0.2, 0) is 4.79 Å². The van der Waals surface area contributed by atoms with Gasteiger partial charge >= 0.3 is 0 Å². The van der Waals surface area contributed by atoms with E-state index in [0.29, 0.717) is 35.1 Å². The Morgan fingerprint density at radius 2 is 1.70 bits per heavy atom. The normalized spacial score (nSPS) is 11.6. The number of amides is 2. The Labute approximate surface area is 169 Å². The van der Waals surface area contributed by atoms with Crippen molar-refractivity contribution in [2.24, 2.45) is 0 Å². The van der Waals surface area contributed by atoms with Gasteiger partial charge in [-0.15, -0.1) is 0 Å². The van der Waals surface area contributed by atoms with E-state index < -0.39 is 6.10 Å². The van der Waals surface area contributed by atoms with Gasteiger partial charge < -0.3 is 15.0 Å². The molecule has 5 nitrogen and oxygen atoms in total. The Balaban J connectivity index is 2.04. The van der Waals surface area contributed by atoms with Crippen molar-refractivity contribution in [3.63, 3.8) is 0 Å². The highest BCUT2D eigenvalue weighted by molar-refractivity contribution is 6.34. The number of hydrogen-bond donors (Lipinski definition) is 1. The lowest BCUT2D eigenvalue weighted by atomic mass is 10.1. The number of carbonyl (C=O) groups excluding carboxylic acids is 2. The maximum atomic E-state index is 12.4. The molecule has 0 heterocycles. The van der Waals surface area contributed by atoms with Crippen LogP contribution in [0.3, 0.4) is 0 Å². The van der Waals surface area contributed by atoms with Gasteiger partial charge in [-0.05, 0) is 63.2 Å². The Morgan fingerprint density at radius 1 is 1.07 bits per heavy atom. The molecule has 0 aliphatic rings. The molecular formula is C20H22Cl2N2O3. The fourth-order valence-corrected chi connectivity index (χ4v) is 2.85. The van der Waals surface area contributed by atoms with Gasteiger partial charge in [-0.1, -0.05) is 23.2 Å². The predicted octanol–water partition coefficient (Wildman–Crippen LogP) is 4.88. The van der Waals surface area contributed by atoms with E-state index in [1.165, 1.54) is 0 Å². The molecular weight excluding hydrogens is 387 g/mol. The number of anilines is 1. The average Bonchev–Trinajstić information content (AvgIpc) is 2.64. The molecule has 0 spiro atoms. The third kappa shape index (κ3) is 5.62. The van der Waals surface area contributed by atoms with Gasteiger partial charge in [0.1, 0.15) is 5.75 Å². The molecule has 0 radical (unpaired) electrons. The minimum atomic E-state index is -0.720. The van der Waals surface area contributed by atoms with Crippen LogP contribution in [-0.4, -0.2) is 35.9 Å². The second kappa shape index (κ2) is 9.62. The van der Waals surface area contributed by atoms with Crippen molar-refractivity contribution in [1.82, 2.24) is 4.90 Å². The van der Waals surface area contributed by atoms with Crippen LogP contribution < -0.4 is 10.1 Å². The fourth-order valence-electron chi connectivity index (χ4n) is 2.46. The molecule has 27 heavy (non-hydrogen) atoms. The number of carbonyl (C=O) groups is 2. The van der Waals surface area contributed by atoms with Crippen LogP contribution in [0.5, 0.6) is 5.75 Å². The van der Waals surface area contributed by atoms with Gasteiger partial charge in [-0.25, -0.2) is 0 Å². The lowest BCUT2D eigenvalue weighted by Crippen LogP contribution is -2.31. The molecule has 2 rings (SSSR count). The highest BCUT2D eigenvalue weighted by atomic mass is 35.5. The molecule has 1 N–H and O–H groups in total. The first-order valence-corrected chi connectivity index (χ1v) is 9.43. The fraction of sp³-hybridized carbons (Fsp3) is 0.300. The molecule has 2 aromatic carbocycles. The number of nitrogens with zero attached hydrogens (tertiary/aromatic N) is 1. The molecule has 0 bridgehead atoms. The Hall–Kier alpha value is -2.24. The standard InChI is InChI=1S/C20H22Cl2N2O3/c1-4-24(5-2)20(26)17-11-8-15(12-18(17)22)23-19(25)13(3)27-16-9-6-14(21)7-10-16/h6-13H,4-5H2,1-3H3,(H,23,25). The lowest BCUT2D eigenvalue weighted by molar-refractivity contribution is -0.122. The molecule has 144 valence electrons. The number of ether oxygens (including phenoxy) is 1. The van der Waals surface area contributed by atoms with Crippen molar-refractivity contribution in [3.8, 4) is 5.75 Å². The molecule has 1 unspecified atom stereocenters. The third-order valence-electron chi connectivity index (χ3n) is 4.01. The summed E-state index contributed by atoms with van der Waals surface area (Å²) < 4.78 is 5.59. The number of benzene rings is 2. The molecule has 7 heteroatoms. The van der Waals surface area contributed by atoms with Gasteiger partial charge in [0, 0.05) is 23.8 Å². The highest BCUT2D eigenvalue weighted by Crippen LogP contribution is 2.23. The molecule has 0 saturated carbocycles. The van der Waals surface area contributed by atoms with Crippen LogP contribution in [0.25, 0.3) is 0 Å². The first kappa shape index (κ1) is 21.1. The van der Waals surface area contributed by atoms with Crippen LogP contribution in [0, 0.1) is 0 Å². The minimum Gasteiger partial charge on any atom is -0.481 e. The van der Waals surface area contributed by atoms with E-state index in [2.05, 4.69) is 5.32 Å². The highest BCUT2D eigenvalue weighted by Gasteiger charge is 2.18. The Morgan fingerprint density at radius 3 is 2.26 bits per heavy atom. The van der Waals surface area contributed by atoms with Gasteiger partial charge in [0.2, 0.25) is 0 Å². The van der Waals surface area contributed by atoms with Gasteiger partial charge in [-0.3, -0.25) is 9.59 Å². The SMILES string of the molecule is CCN(CC)C(=O)c1ccc(NC(=O)C(C)Oc2ccc(Cl)cc2)cc1Cl. The number of nitrogens with one attached hydrogen (secondary N) is 1. The van der Waals surface area contributed by atoms with Crippen molar-refractivity contribution < 1.29 is 14.3 Å². The lowest BCUT2D eigenvalue weighted by Gasteiger charge is -2.20. The van der Waals surface area contributed by atoms with Crippen molar-refractivity contribution in [1.29, 1.82) is 0 Å². The largest absolute Gasteiger partial charge is 0.481 e. The summed E-state index contributed by atoms with van der Waals surface area (Å²) in [5, 5.41) is 3.62. The molecule has 2 aromatic rings. The zero-order chi connectivity index (χ0) is 20.0. The first-order valence-electron chi connectivity index (χ1n) is 8.67. The van der Waals surface area contributed by atoms with E-state index in [4.69, 9.17) is 27.9 Å². The maximum absolute atomic E-state index is 12.4. The molecule has 0 saturated heterocycles. The maximum Gasteiger partial charge on any atom is 0.265 e. The first-order chi connectivity index (χ1) is 12.8. The van der Waals surface area contributed by atoms with E-state index in [9.17, 15) is 9.59 Å². The predicted molar refractivity (Wildman–Crippen MR) is 109 cm³/mol. The summed E-state index contributed by atoms with van der Waals surface area (Å²) >= 11 is 12.1. The summed E-state index contributed by atoms with van der Waals surface area (Å²) in [7, 11) is 0. The molecule has 2 amide bonds. The van der Waals surface area contributed by atoms with E-state index >= 15 is 0 Å². The second-order valence-corrected chi connectivity index (χ2v) is 6.72. The smallest absolute Gasteiger partial charge is 0.265 e. The van der Waals surface area contributed by atoms with Gasteiger partial charge in [-0.2, -0.15) is 0 Å². The van der Waals surface area contributed by atoms with Crippen molar-refractivity contribution in [3.05, 3.63) is 58.1 Å². The van der Waals surface area contributed by atoms with E-state index in [1.807, 2.05) is 13.8 Å². The van der Waals surface area contributed by atoms with Crippen molar-refractivity contribution in [2.75, 3.05) is 18.4 Å². The summed E-state index contributed by atoms with van der Waals surface area (Å²) in [6, 6.07) is 11.6. The van der Waals surface area contributed by atoms with Crippen LogP contribution in [0.1, 0.15) is 31.1 Å². The Bertz CT molecular complexity index is 805. The zero-order valence-electron chi connectivity index (χ0n) is 15.5. The summed E-state index contributed by atoms with van der Waals surface area (Å²) in [6.45, 7) is 6.66. The summed E-state index contributed by atoms with van der Waals surface area (Å²) in [6.07, 6.45) is -0.720. The molecule has 0 aromatic heterocycles. The van der Waals surface area contributed by atoms with Gasteiger partial charge in [0.25, 0.3) is 11.8 Å². The van der Waals surface area contributed by atoms with Crippen molar-refractivity contribution >= 4 is 40.7 Å². The Kier molecular flexibility index (Phi) is 7.51. The van der Waals surface area contributed by atoms with Crippen LogP contribution in [0.2, 0.25) is 10.0 Å². The van der Waals surface area contributed by atoms with Crippen LogP contribution in [0.15, 0.2) is 42.5 Å². The van der Waals surface area contributed by atoms with E-state index in [1.54, 1.807) is 54.3 Å². The summed E-state index contributed by atoms with van der Waals surface area (Å²) in [4.78, 5) is 26.4. The molecule has 1 atom stereocenters. The quantitative estimate of drug-likeness (QED) is 0.709. The van der Waals surface area contributed by atoms with E-state index in [-0.39, 0.29) is 16.8 Å². The van der Waals surface area contributed by atoms with Gasteiger partial charge in [0.15, 0.2) is 6.10 Å². The monoisotopic (exact) mass is 408 g/mol. The van der Waals surface area contributed by atoms with Gasteiger partial charge in [0.05, 0.1) is 10.6 Å². The van der Waals surface area contributed by atoms with E-state index in [0.717, 1.165) is 0 Å². The molecule has 0 aliphatic carbocycles. The minimum absolute atomic E-state index is 0.137. The third-order valence-corrected chi connectivity index (χ3v) is 4.58. The van der Waals surface area contributed by atoms with Crippen molar-refractivity contribution in [2.45, 2.75) is 26.9 Å². The molecule has 0 aliphatic heterocycles. The summed E-state index contributed by atoms with van der Waals surface area (Å²) in [5.74, 6) is 0.0754. The topological polar surface area (TPSA) is 58.6 Å². The van der Waals surface area contributed by atoms with Crippen LogP contribution in [0.4, 0.5) is 5.69 Å². The average molecular weight is 409 g/mol. The number of hydrogen-bond acceptors (Lipinski definition) is 3. The number of halogens is 2. The zero-order valence-corrected chi connectivity index (χ0v) is 17.0. The second-order valence-electron chi connectivity index (χ2n) is 5.88. The molecule has 0 fully saturated rings. The summed E-state index contributed by atoms with van der Waals surface area (Å²) in [5.41, 5.74) is 0.900. The van der Waals surface area contributed by atoms with Crippen LogP contribution >= 0.6 is 23.2 Å². The number of rotatable bonds is 7.